The predicted octanol–water partition coefficient (Wildman–Crippen LogP) is 4.50. The smallest absolute Gasteiger partial charge is 0.338 e. The fraction of sp³-hybridized carbons (Fsp3) is 0.130. The quantitative estimate of drug-likeness (QED) is 0.382. The fourth-order valence-corrected chi connectivity index (χ4v) is 4.16. The number of benzene rings is 3. The molecule has 166 valence electrons. The van der Waals surface area contributed by atoms with E-state index in [-0.39, 0.29) is 16.2 Å². The van der Waals surface area contributed by atoms with E-state index in [1.54, 1.807) is 36.4 Å². The number of nitrogens with one attached hydrogen (secondary N) is 1. The number of anilines is 1. The van der Waals surface area contributed by atoms with Gasteiger partial charge in [-0.2, -0.15) is 0 Å². The summed E-state index contributed by atoms with van der Waals surface area (Å²) in [4.78, 5) is 24.4. The third-order valence-electron chi connectivity index (χ3n) is 4.49. The summed E-state index contributed by atoms with van der Waals surface area (Å²) in [7, 11) is -2.74. The van der Waals surface area contributed by atoms with E-state index in [1.165, 1.54) is 31.4 Å². The molecule has 0 aromatic heterocycles. The highest BCUT2D eigenvalue weighted by Gasteiger charge is 2.23. The van der Waals surface area contributed by atoms with Gasteiger partial charge in [-0.3, -0.25) is 9.52 Å². The molecule has 3 aromatic carbocycles. The van der Waals surface area contributed by atoms with E-state index < -0.39 is 28.4 Å². The predicted molar refractivity (Wildman–Crippen MR) is 121 cm³/mol. The third kappa shape index (κ3) is 5.66. The van der Waals surface area contributed by atoms with Crippen LogP contribution in [0.5, 0.6) is 5.75 Å². The number of aryl methyl sites for hydroxylation is 1. The molecule has 0 saturated carbocycles. The van der Waals surface area contributed by atoms with Gasteiger partial charge < -0.3 is 9.47 Å². The first kappa shape index (κ1) is 23.3. The van der Waals surface area contributed by atoms with Crippen molar-refractivity contribution in [1.29, 1.82) is 0 Å². The maximum atomic E-state index is 12.9. The Morgan fingerprint density at radius 3 is 2.19 bits per heavy atom. The van der Waals surface area contributed by atoms with Crippen LogP contribution in [0.2, 0.25) is 5.02 Å². The second-order valence-electron chi connectivity index (χ2n) is 6.84. The molecule has 0 aliphatic heterocycles. The van der Waals surface area contributed by atoms with Crippen LogP contribution in [0, 0.1) is 6.92 Å². The minimum Gasteiger partial charge on any atom is -0.495 e. The number of Topliss-reactive ketones (excluding diaryl/α,β-unsaturated/α-hetero) is 1. The zero-order chi connectivity index (χ0) is 23.3. The molecule has 1 N–H and O–H groups in total. The molecule has 32 heavy (non-hydrogen) atoms. The molecular formula is C23H20ClNO6S. The minimum absolute atomic E-state index is 0.0426. The number of esters is 1. The van der Waals surface area contributed by atoms with Crippen molar-refractivity contribution in [3.05, 3.63) is 88.4 Å². The van der Waals surface area contributed by atoms with Gasteiger partial charge in [-0.05, 0) is 61.5 Å². The molecule has 0 aliphatic carbocycles. The van der Waals surface area contributed by atoms with Crippen LogP contribution in [0.4, 0.5) is 5.69 Å². The average molecular weight is 474 g/mol. The summed E-state index contributed by atoms with van der Waals surface area (Å²) in [5.41, 5.74) is 1.63. The Morgan fingerprint density at radius 1 is 0.938 bits per heavy atom. The third-order valence-corrected chi connectivity index (χ3v) is 6.15. The maximum Gasteiger partial charge on any atom is 0.338 e. The molecule has 7 nitrogen and oxygen atoms in total. The van der Waals surface area contributed by atoms with E-state index >= 15 is 0 Å². The molecule has 0 radical (unpaired) electrons. The zero-order valence-corrected chi connectivity index (χ0v) is 18.9. The Labute approximate surface area is 191 Å². The molecule has 0 aliphatic rings. The summed E-state index contributed by atoms with van der Waals surface area (Å²) < 4.78 is 38.5. The van der Waals surface area contributed by atoms with Crippen molar-refractivity contribution in [2.24, 2.45) is 0 Å². The lowest BCUT2D eigenvalue weighted by molar-refractivity contribution is 0.0474. The topological polar surface area (TPSA) is 98.8 Å². The number of ketones is 1. The Kier molecular flexibility index (Phi) is 7.17. The number of hydrogen-bond acceptors (Lipinski definition) is 6. The lowest BCUT2D eigenvalue weighted by atomic mass is 10.1. The van der Waals surface area contributed by atoms with Crippen LogP contribution in [0.3, 0.4) is 0 Å². The van der Waals surface area contributed by atoms with E-state index in [9.17, 15) is 18.0 Å². The molecule has 9 heteroatoms. The first-order valence-corrected chi connectivity index (χ1v) is 11.3. The largest absolute Gasteiger partial charge is 0.495 e. The monoisotopic (exact) mass is 473 g/mol. The van der Waals surface area contributed by atoms with Crippen molar-refractivity contribution in [3.63, 3.8) is 0 Å². The van der Waals surface area contributed by atoms with E-state index in [4.69, 9.17) is 21.1 Å². The zero-order valence-electron chi connectivity index (χ0n) is 17.3. The van der Waals surface area contributed by atoms with Crippen LogP contribution in [0.15, 0.2) is 71.6 Å². The molecule has 0 bridgehead atoms. The van der Waals surface area contributed by atoms with Crippen molar-refractivity contribution < 1.29 is 27.5 Å². The van der Waals surface area contributed by atoms with E-state index in [0.717, 1.165) is 11.6 Å². The number of ether oxygens (including phenoxy) is 2. The first-order valence-electron chi connectivity index (χ1n) is 9.43. The standard InChI is InChI=1S/C23H20ClNO6S/c1-15-3-10-19(11-4-15)25-32(28,29)22-13-17(7-12-21(22)30-2)23(27)31-14-20(26)16-5-8-18(24)9-6-16/h3-13,25H,14H2,1-2H3. The van der Waals surface area contributed by atoms with Crippen LogP contribution in [-0.2, 0) is 14.8 Å². The second-order valence-corrected chi connectivity index (χ2v) is 8.93. The van der Waals surface area contributed by atoms with Gasteiger partial charge in [0.05, 0.1) is 12.7 Å². The van der Waals surface area contributed by atoms with Crippen LogP contribution in [0.1, 0.15) is 26.3 Å². The van der Waals surface area contributed by atoms with Crippen molar-refractivity contribution in [2.75, 3.05) is 18.4 Å². The number of carbonyl (C=O) groups is 2. The van der Waals surface area contributed by atoms with Gasteiger partial charge >= 0.3 is 5.97 Å². The number of hydrogen-bond donors (Lipinski definition) is 1. The van der Waals surface area contributed by atoms with Crippen molar-refractivity contribution >= 4 is 39.1 Å². The molecule has 0 atom stereocenters. The van der Waals surface area contributed by atoms with Crippen molar-refractivity contribution in [1.82, 2.24) is 0 Å². The van der Waals surface area contributed by atoms with Gasteiger partial charge in [0.1, 0.15) is 10.6 Å². The van der Waals surface area contributed by atoms with Crippen molar-refractivity contribution in [3.8, 4) is 5.75 Å². The van der Waals surface area contributed by atoms with Gasteiger partial charge in [0.25, 0.3) is 10.0 Å². The van der Waals surface area contributed by atoms with Gasteiger partial charge in [0.2, 0.25) is 0 Å². The van der Waals surface area contributed by atoms with Crippen LogP contribution >= 0.6 is 11.6 Å². The molecule has 0 fully saturated rings. The molecule has 3 aromatic rings. The fourth-order valence-electron chi connectivity index (χ4n) is 2.78. The summed E-state index contributed by atoms with van der Waals surface area (Å²) in [5, 5.41) is 0.477. The summed E-state index contributed by atoms with van der Waals surface area (Å²) in [6.45, 7) is 1.38. The van der Waals surface area contributed by atoms with Gasteiger partial charge in [-0.1, -0.05) is 29.3 Å². The summed E-state index contributed by atoms with van der Waals surface area (Å²) in [5.74, 6) is -1.21. The highest BCUT2D eigenvalue weighted by atomic mass is 35.5. The van der Waals surface area contributed by atoms with Crippen LogP contribution in [0.25, 0.3) is 0 Å². The van der Waals surface area contributed by atoms with Gasteiger partial charge in [0, 0.05) is 16.3 Å². The Bertz CT molecular complexity index is 1240. The van der Waals surface area contributed by atoms with Crippen LogP contribution < -0.4 is 9.46 Å². The summed E-state index contributed by atoms with van der Waals surface area (Å²) in [6, 6.07) is 16.8. The normalized spacial score (nSPS) is 11.0. The average Bonchev–Trinajstić information content (AvgIpc) is 2.78. The molecule has 3 rings (SSSR count). The SMILES string of the molecule is COc1ccc(C(=O)OCC(=O)c2ccc(Cl)cc2)cc1S(=O)(=O)Nc1ccc(C)cc1. The van der Waals surface area contributed by atoms with E-state index in [0.29, 0.717) is 16.3 Å². The maximum absolute atomic E-state index is 12.9. The molecule has 0 spiro atoms. The number of sulfonamides is 1. The Hall–Kier alpha value is -3.36. The van der Waals surface area contributed by atoms with Gasteiger partial charge in [-0.25, -0.2) is 13.2 Å². The second kappa shape index (κ2) is 9.84. The first-order chi connectivity index (χ1) is 15.2. The molecule has 0 saturated heterocycles. The van der Waals surface area contributed by atoms with E-state index in [2.05, 4.69) is 4.72 Å². The van der Waals surface area contributed by atoms with Gasteiger partial charge in [0.15, 0.2) is 12.4 Å². The molecule has 0 amide bonds. The number of carbonyl (C=O) groups excluding carboxylic acids is 2. The van der Waals surface area contributed by atoms with Gasteiger partial charge in [-0.15, -0.1) is 0 Å². The highest BCUT2D eigenvalue weighted by Crippen LogP contribution is 2.27. The number of methoxy groups -OCH3 is 1. The molecular weight excluding hydrogens is 454 g/mol. The summed E-state index contributed by atoms with van der Waals surface area (Å²) >= 11 is 5.80. The lowest BCUT2D eigenvalue weighted by Crippen LogP contribution is -2.17. The van der Waals surface area contributed by atoms with Crippen LogP contribution in [-0.4, -0.2) is 33.9 Å². The number of halogens is 1. The molecule has 0 heterocycles. The van der Waals surface area contributed by atoms with Crippen molar-refractivity contribution in [2.45, 2.75) is 11.8 Å². The summed E-state index contributed by atoms with van der Waals surface area (Å²) in [6.07, 6.45) is 0. The Morgan fingerprint density at radius 2 is 1.56 bits per heavy atom. The minimum atomic E-state index is -4.07. The lowest BCUT2D eigenvalue weighted by Gasteiger charge is -2.13. The molecule has 0 unspecified atom stereocenters. The van der Waals surface area contributed by atoms with E-state index in [1.807, 2.05) is 6.92 Å². The highest BCUT2D eigenvalue weighted by molar-refractivity contribution is 7.92. The number of rotatable bonds is 8. The Balaban J connectivity index is 1.78.